The lowest BCUT2D eigenvalue weighted by molar-refractivity contribution is 0.0593. The molecule has 0 amide bonds. The van der Waals surface area contributed by atoms with Crippen molar-refractivity contribution in [3.8, 4) is 0 Å². The van der Waals surface area contributed by atoms with E-state index in [0.717, 1.165) is 6.54 Å². The Balaban J connectivity index is 1.98. The van der Waals surface area contributed by atoms with E-state index in [1.54, 1.807) is 6.20 Å². The van der Waals surface area contributed by atoms with Crippen LogP contribution in [0.15, 0.2) is 12.4 Å². The number of hydrogen-bond donors (Lipinski definition) is 1. The molecule has 1 aliphatic carbocycles. The number of ether oxygens (including phenoxy) is 1. The first-order valence-electron chi connectivity index (χ1n) is 6.89. The molecule has 1 saturated carbocycles. The molecule has 1 heterocycles. The van der Waals surface area contributed by atoms with E-state index in [0.29, 0.717) is 5.82 Å². The smallest absolute Gasteiger partial charge is 0.358 e. The summed E-state index contributed by atoms with van der Waals surface area (Å²) in [7, 11) is 5.58. The van der Waals surface area contributed by atoms with Crippen molar-refractivity contribution in [1.82, 2.24) is 14.9 Å². The van der Waals surface area contributed by atoms with Gasteiger partial charge in [0.15, 0.2) is 5.69 Å². The lowest BCUT2D eigenvalue weighted by Crippen LogP contribution is -2.47. The quantitative estimate of drug-likeness (QED) is 0.824. The maximum Gasteiger partial charge on any atom is 0.358 e. The van der Waals surface area contributed by atoms with E-state index in [-0.39, 0.29) is 11.2 Å². The summed E-state index contributed by atoms with van der Waals surface area (Å²) in [6.07, 6.45) is 7.94. The van der Waals surface area contributed by atoms with Crippen LogP contribution in [0.25, 0.3) is 0 Å². The molecule has 1 N–H and O–H groups in total. The van der Waals surface area contributed by atoms with Gasteiger partial charge in [-0.05, 0) is 26.9 Å². The van der Waals surface area contributed by atoms with Crippen molar-refractivity contribution in [2.24, 2.45) is 0 Å². The summed E-state index contributed by atoms with van der Waals surface area (Å²) in [5.74, 6) is 0.218. The highest BCUT2D eigenvalue weighted by atomic mass is 16.5. The van der Waals surface area contributed by atoms with Crippen LogP contribution < -0.4 is 5.32 Å². The predicted molar refractivity (Wildman–Crippen MR) is 76.7 cm³/mol. The van der Waals surface area contributed by atoms with E-state index in [4.69, 9.17) is 0 Å². The molecule has 0 aromatic carbocycles. The van der Waals surface area contributed by atoms with Crippen molar-refractivity contribution >= 4 is 11.8 Å². The van der Waals surface area contributed by atoms with E-state index in [2.05, 4.69) is 39.0 Å². The molecule has 0 bridgehead atoms. The van der Waals surface area contributed by atoms with Crippen LogP contribution in [0.3, 0.4) is 0 Å². The molecule has 0 spiro atoms. The number of nitrogens with one attached hydrogen (secondary N) is 1. The molecule has 20 heavy (non-hydrogen) atoms. The fourth-order valence-electron chi connectivity index (χ4n) is 2.70. The summed E-state index contributed by atoms with van der Waals surface area (Å²) in [5, 5.41) is 3.33. The molecular weight excluding hydrogens is 256 g/mol. The molecule has 0 unspecified atom stereocenters. The highest BCUT2D eigenvalue weighted by Crippen LogP contribution is 2.33. The Morgan fingerprint density at radius 2 is 2.05 bits per heavy atom. The Hall–Kier alpha value is -1.69. The molecule has 0 saturated heterocycles. The van der Waals surface area contributed by atoms with E-state index in [1.165, 1.54) is 39.0 Å². The number of methoxy groups -OCH3 is 1. The topological polar surface area (TPSA) is 67.3 Å². The number of anilines is 1. The summed E-state index contributed by atoms with van der Waals surface area (Å²) in [6, 6.07) is 0. The molecule has 110 valence electrons. The first-order valence-corrected chi connectivity index (χ1v) is 6.89. The van der Waals surface area contributed by atoms with Gasteiger partial charge < -0.3 is 15.0 Å². The van der Waals surface area contributed by atoms with Gasteiger partial charge in [0.1, 0.15) is 5.82 Å². The van der Waals surface area contributed by atoms with Gasteiger partial charge in [-0.15, -0.1) is 0 Å². The molecule has 1 aromatic rings. The first-order chi connectivity index (χ1) is 9.57. The zero-order valence-corrected chi connectivity index (χ0v) is 12.3. The Bertz CT molecular complexity index is 453. The molecule has 1 fully saturated rings. The summed E-state index contributed by atoms with van der Waals surface area (Å²) in [6.45, 7) is 0.840. The predicted octanol–water partition coefficient (Wildman–Crippen LogP) is 1.55. The SMILES string of the molecule is COC(=O)c1cnc(NCC2(N(C)C)CCCC2)cn1. The first kappa shape index (κ1) is 14.7. The number of aromatic nitrogens is 2. The van der Waals surface area contributed by atoms with Crippen LogP contribution >= 0.6 is 0 Å². The number of nitrogens with zero attached hydrogens (tertiary/aromatic N) is 3. The number of hydrogen-bond acceptors (Lipinski definition) is 6. The second-order valence-electron chi connectivity index (χ2n) is 5.46. The van der Waals surface area contributed by atoms with Gasteiger partial charge in [-0.25, -0.2) is 14.8 Å². The molecule has 0 aliphatic heterocycles. The van der Waals surface area contributed by atoms with Gasteiger partial charge in [0.2, 0.25) is 0 Å². The van der Waals surface area contributed by atoms with Crippen molar-refractivity contribution in [2.45, 2.75) is 31.2 Å². The highest BCUT2D eigenvalue weighted by Gasteiger charge is 2.35. The number of esters is 1. The van der Waals surface area contributed by atoms with Crippen LogP contribution in [-0.2, 0) is 4.74 Å². The lowest BCUT2D eigenvalue weighted by atomic mass is 9.96. The standard InChI is InChI=1S/C14H22N4O2/c1-18(2)14(6-4-5-7-14)10-17-12-9-15-11(8-16-12)13(19)20-3/h8-9H,4-7,10H2,1-3H3,(H,16,17). The van der Waals surface area contributed by atoms with Crippen LogP contribution in [0, 0.1) is 0 Å². The third kappa shape index (κ3) is 3.07. The highest BCUT2D eigenvalue weighted by molar-refractivity contribution is 5.86. The van der Waals surface area contributed by atoms with E-state index in [9.17, 15) is 4.79 Å². The lowest BCUT2D eigenvalue weighted by Gasteiger charge is -2.36. The average molecular weight is 278 g/mol. The van der Waals surface area contributed by atoms with Crippen molar-refractivity contribution in [1.29, 1.82) is 0 Å². The summed E-state index contributed by atoms with van der Waals surface area (Å²) in [4.78, 5) is 21.8. The monoisotopic (exact) mass is 278 g/mol. The molecule has 6 heteroatoms. The van der Waals surface area contributed by atoms with Gasteiger partial charge >= 0.3 is 5.97 Å². The molecule has 0 atom stereocenters. The Morgan fingerprint density at radius 3 is 2.55 bits per heavy atom. The van der Waals surface area contributed by atoms with E-state index >= 15 is 0 Å². The summed E-state index contributed by atoms with van der Waals surface area (Å²) < 4.78 is 4.60. The molecule has 2 rings (SSSR count). The largest absolute Gasteiger partial charge is 0.464 e. The van der Waals surface area contributed by atoms with Crippen LogP contribution in [-0.4, -0.2) is 54.1 Å². The van der Waals surface area contributed by atoms with Crippen LogP contribution in [0.5, 0.6) is 0 Å². The van der Waals surface area contributed by atoms with Gasteiger partial charge in [0.25, 0.3) is 0 Å². The van der Waals surface area contributed by atoms with Gasteiger partial charge in [0.05, 0.1) is 19.5 Å². The van der Waals surface area contributed by atoms with Gasteiger partial charge in [-0.1, -0.05) is 12.8 Å². The second kappa shape index (κ2) is 6.17. The van der Waals surface area contributed by atoms with Crippen molar-refractivity contribution in [2.75, 3.05) is 33.1 Å². The average Bonchev–Trinajstić information content (AvgIpc) is 2.95. The minimum absolute atomic E-state index is 0.197. The maximum atomic E-state index is 11.3. The maximum absolute atomic E-state index is 11.3. The van der Waals surface area contributed by atoms with E-state index in [1.807, 2.05) is 0 Å². The molecule has 1 aromatic heterocycles. The normalized spacial score (nSPS) is 17.2. The fraction of sp³-hybridized carbons (Fsp3) is 0.643. The Labute approximate surface area is 119 Å². The zero-order chi connectivity index (χ0) is 14.6. The fourth-order valence-corrected chi connectivity index (χ4v) is 2.70. The summed E-state index contributed by atoms with van der Waals surface area (Å²) >= 11 is 0. The van der Waals surface area contributed by atoms with Crippen molar-refractivity contribution < 1.29 is 9.53 Å². The van der Waals surface area contributed by atoms with Gasteiger partial charge in [-0.2, -0.15) is 0 Å². The van der Waals surface area contributed by atoms with Crippen LogP contribution in [0.1, 0.15) is 36.2 Å². The van der Waals surface area contributed by atoms with Crippen molar-refractivity contribution in [3.63, 3.8) is 0 Å². The molecular formula is C14H22N4O2. The zero-order valence-electron chi connectivity index (χ0n) is 12.3. The van der Waals surface area contributed by atoms with Crippen LogP contribution in [0.2, 0.25) is 0 Å². The van der Waals surface area contributed by atoms with Gasteiger partial charge in [0, 0.05) is 12.1 Å². The second-order valence-corrected chi connectivity index (χ2v) is 5.46. The Morgan fingerprint density at radius 1 is 1.35 bits per heavy atom. The van der Waals surface area contributed by atoms with E-state index < -0.39 is 5.97 Å². The third-order valence-electron chi connectivity index (χ3n) is 4.13. The molecule has 0 radical (unpaired) electrons. The van der Waals surface area contributed by atoms with Crippen molar-refractivity contribution in [3.05, 3.63) is 18.1 Å². The summed E-state index contributed by atoms with van der Waals surface area (Å²) in [5.41, 5.74) is 0.420. The minimum atomic E-state index is -0.468. The Kier molecular flexibility index (Phi) is 4.54. The number of carbonyl (C=O) groups is 1. The van der Waals surface area contributed by atoms with Crippen LogP contribution in [0.4, 0.5) is 5.82 Å². The molecule has 1 aliphatic rings. The third-order valence-corrected chi connectivity index (χ3v) is 4.13. The number of carbonyl (C=O) groups excluding carboxylic acids is 1. The molecule has 6 nitrogen and oxygen atoms in total. The minimum Gasteiger partial charge on any atom is -0.464 e. The van der Waals surface area contributed by atoms with Gasteiger partial charge in [-0.3, -0.25) is 0 Å². The number of likely N-dealkylation sites (N-methyl/N-ethyl adjacent to an activating group) is 1. The number of rotatable bonds is 5.